The van der Waals surface area contributed by atoms with Crippen LogP contribution >= 0.6 is 63.7 Å². The summed E-state index contributed by atoms with van der Waals surface area (Å²) in [5.41, 5.74) is -5.67. The summed E-state index contributed by atoms with van der Waals surface area (Å²) in [6, 6.07) is 18.8. The van der Waals surface area contributed by atoms with Crippen LogP contribution in [0.15, 0.2) is 60.7 Å². The van der Waals surface area contributed by atoms with Gasteiger partial charge in [0.25, 0.3) is 0 Å². The first-order valence-corrected chi connectivity index (χ1v) is 50.2. The predicted octanol–water partition coefficient (Wildman–Crippen LogP) is 13.5. The first-order chi connectivity index (χ1) is 69.2. The molecule has 2 N–H and O–H groups in total. The van der Waals surface area contributed by atoms with Crippen LogP contribution in [0.4, 0.5) is 9.59 Å². The van der Waals surface area contributed by atoms with Crippen molar-refractivity contribution < 1.29 is 203 Å². The lowest BCUT2D eigenvalue weighted by Crippen LogP contribution is -2.44. The molecule has 0 bridgehead atoms. The number of aliphatic hydroxyl groups excluding tert-OH is 2. The number of carbonyl (C=O) groups is 18. The average molecular weight is 2360 g/mol. The monoisotopic (exact) mass is 2360 g/mol. The molecule has 2 heterocycles. The number of hydrogen-bond donors (Lipinski definition) is 2. The lowest BCUT2D eigenvalue weighted by atomic mass is 9.93. The van der Waals surface area contributed by atoms with E-state index in [4.69, 9.17) is 98.2 Å². The summed E-state index contributed by atoms with van der Waals surface area (Å²) in [5, 5.41) is 19.6. The van der Waals surface area contributed by atoms with E-state index in [1.165, 1.54) is 90.8 Å². The van der Waals surface area contributed by atoms with Crippen molar-refractivity contribution in [1.29, 1.82) is 0 Å². The standard InChI is InChI=1S/C14H20O4.C12H16O4.2C11H19BrO5.2C10H18O5.C9H13BrO5.C8H12O5.C5H9BrO.C4H8O.2C3H6O/c1-14(10-16-2,11-17-3)13(15)18-9-12-7-5-4-6-8-12;1-12(8-13,9-14)11(15)16-7-10-5-3-2-4-6-10;2*1-9(13)17-8-11(2,7-15-3)10(14)16-6-4-5-12;2*1-5-14-9(12)10(3,6-13-4)7-15-8(2)11;1-9(5-14-8(12)15-6-9)7(11)13-4-2-3-10;1-3-11-6(9)8(2)4-12-7(10)13-5-8;1-2-3-5(7)4-6;1-3-4(2)5;2*1-3(2)4/h4-8H,9-11H2,1-3H3;2-6,13-14H,7-9H2,1H3;2*4-8H2,1-3H3;2*5-7H2,1-4H3;2-6H2,1H3;3-5H2,1-2H3;2-4H2,1H3;3H2,1-2H3;2*1-2H3/i;;;;;;;;4T;2T;;. The van der Waals surface area contributed by atoms with E-state index in [-0.39, 0.29) is 155 Å². The van der Waals surface area contributed by atoms with Crippen LogP contribution in [0.5, 0.6) is 0 Å². The van der Waals surface area contributed by atoms with Gasteiger partial charge in [0.15, 0.2) is 0 Å². The summed E-state index contributed by atoms with van der Waals surface area (Å²) in [7, 11) is 9.03. The fraction of sp³-hybridized carbons (Fsp3) is 0.700. The molecule has 2 saturated heterocycles. The van der Waals surface area contributed by atoms with Gasteiger partial charge >= 0.3 is 83.9 Å². The number of halogens is 4. The maximum absolute atomic E-state index is 12.0. The van der Waals surface area contributed by atoms with Crippen LogP contribution in [0.1, 0.15) is 205 Å². The summed E-state index contributed by atoms with van der Waals surface area (Å²) in [6.45, 7) is 35.7. The number of cyclic esters (lactones) is 4. The summed E-state index contributed by atoms with van der Waals surface area (Å²) < 4.78 is 121. The molecular formula is C100H164Br4O42. The Morgan fingerprint density at radius 3 is 0.808 bits per heavy atom. The Labute approximate surface area is 897 Å². The van der Waals surface area contributed by atoms with E-state index in [0.29, 0.717) is 39.3 Å². The van der Waals surface area contributed by atoms with E-state index >= 15 is 0 Å². The number of hydrogen-bond acceptors (Lipinski definition) is 42. The molecule has 0 amide bonds. The van der Waals surface area contributed by atoms with E-state index in [2.05, 4.69) is 82.7 Å². The Bertz CT molecular complexity index is 3900. The Morgan fingerprint density at radius 1 is 0.363 bits per heavy atom. The number of esters is 12. The van der Waals surface area contributed by atoms with Crippen LogP contribution in [-0.2, 0) is 194 Å². The number of rotatable bonds is 50. The van der Waals surface area contributed by atoms with E-state index in [1.54, 1.807) is 90.4 Å². The molecule has 146 heavy (non-hydrogen) atoms. The zero-order valence-electron chi connectivity index (χ0n) is 92.1. The molecule has 0 aliphatic carbocycles. The van der Waals surface area contributed by atoms with Crippen LogP contribution in [-0.4, -0.2) is 327 Å². The van der Waals surface area contributed by atoms with Crippen LogP contribution in [0.25, 0.3) is 0 Å². The van der Waals surface area contributed by atoms with Crippen molar-refractivity contribution in [2.75, 3.05) is 209 Å². The molecule has 5 unspecified atom stereocenters. The third-order valence-electron chi connectivity index (χ3n) is 17.6. The van der Waals surface area contributed by atoms with Gasteiger partial charge in [-0.2, -0.15) is 0 Å². The summed E-state index contributed by atoms with van der Waals surface area (Å²) >= 11 is 12.6. The molecule has 2 aliphatic heterocycles. The topological polar surface area (TPSA) is 551 Å². The first-order valence-electron chi connectivity index (χ1n) is 47.2. The van der Waals surface area contributed by atoms with Gasteiger partial charge in [0.05, 0.1) is 97.8 Å². The van der Waals surface area contributed by atoms with E-state index < -0.39 is 140 Å². The van der Waals surface area contributed by atoms with Gasteiger partial charge in [-0.3, -0.25) is 62.3 Å². The number of carbonyl (C=O) groups excluding carboxylic acids is 18. The Morgan fingerprint density at radius 2 is 0.603 bits per heavy atom. The molecule has 5 atom stereocenters. The molecule has 46 heteroatoms. The SMILES string of the molecule is CC(C)=O.CC(C)=O.CC(CO)(CO)C(=O)OCc1ccccc1.CC1(C(=O)OCCCBr)COC(=O)OC1.CCOC(=O)C(C)(COC)COC(C)=O.CCOC(=O)C(C)(COC)COC(C)=O.CCOC(=O)C1(C)COC(=O)OC1.COCC(C)(COC(C)=O)C(=O)OCCCBr.COCC(C)(COC(C)=O)C(=O)OCCCBr.COCC(C)(COC)C(=O)OCc1ccccc1.[3H]C(Br)C(=O)CCC.[3H]CC(=O)CC. The third-order valence-corrected chi connectivity index (χ3v) is 19.8. The molecule has 42 nitrogen and oxygen atoms in total. The van der Waals surface area contributed by atoms with Gasteiger partial charge in [-0.1, -0.05) is 138 Å². The summed E-state index contributed by atoms with van der Waals surface area (Å²) in [4.78, 5) is 197. The second-order valence-corrected chi connectivity index (χ2v) is 36.9. The highest BCUT2D eigenvalue weighted by atomic mass is 79.9. The van der Waals surface area contributed by atoms with Crippen LogP contribution < -0.4 is 0 Å². The van der Waals surface area contributed by atoms with E-state index in [0.717, 1.165) is 52.8 Å². The van der Waals surface area contributed by atoms with Crippen molar-refractivity contribution in [3.8, 4) is 0 Å². The summed E-state index contributed by atoms with van der Waals surface area (Å²) in [5.74, 6) is -4.79. The molecule has 844 valence electrons. The third kappa shape index (κ3) is 80.0. The zero-order chi connectivity index (χ0) is 116. The molecule has 2 aliphatic rings. The van der Waals surface area contributed by atoms with Crippen molar-refractivity contribution in [1.82, 2.24) is 0 Å². The Kier molecular flexibility index (Phi) is 91.9. The minimum atomic E-state index is -1.23. The van der Waals surface area contributed by atoms with Gasteiger partial charge in [0.2, 0.25) is 0 Å². The molecule has 0 saturated carbocycles. The van der Waals surface area contributed by atoms with E-state index in [1.807, 2.05) is 67.6 Å². The largest absolute Gasteiger partial charge is 0.508 e. The first kappa shape index (κ1) is 148. The number of Topliss-reactive ketones (excluding diaryl/α,β-unsaturated/α-hetero) is 4. The number of aliphatic hydroxyl groups is 2. The van der Waals surface area contributed by atoms with Gasteiger partial charge in [0, 0.05) is 102 Å². The van der Waals surface area contributed by atoms with Gasteiger partial charge in [-0.25, -0.2) is 9.59 Å². The average Bonchev–Trinajstić information content (AvgIpc) is 0.836. The molecule has 0 radical (unpaired) electrons. The fourth-order valence-electron chi connectivity index (χ4n) is 9.40. The lowest BCUT2D eigenvalue weighted by molar-refractivity contribution is -0.167. The normalized spacial score (nSPS) is 13.9. The van der Waals surface area contributed by atoms with Crippen molar-refractivity contribution in [2.24, 2.45) is 43.3 Å². The lowest BCUT2D eigenvalue weighted by Gasteiger charge is -2.29. The van der Waals surface area contributed by atoms with Crippen molar-refractivity contribution in [3.05, 3.63) is 71.8 Å². The predicted molar refractivity (Wildman–Crippen MR) is 549 cm³/mol. The van der Waals surface area contributed by atoms with E-state index in [9.17, 15) is 86.3 Å². The number of benzene rings is 2. The molecule has 2 aromatic rings. The molecule has 0 spiro atoms. The second kappa shape index (κ2) is 90.9. The minimum Gasteiger partial charge on any atom is -0.465 e. The minimum absolute atomic E-state index is 0.00926. The van der Waals surface area contributed by atoms with Gasteiger partial charge in [0.1, 0.15) is 133 Å². The zero-order valence-corrected chi connectivity index (χ0v) is 96.5. The quantitative estimate of drug-likeness (QED) is 0.0269. The summed E-state index contributed by atoms with van der Waals surface area (Å²) in [6.07, 6.45) is 2.61. The van der Waals surface area contributed by atoms with Crippen LogP contribution in [0.3, 0.4) is 0 Å². The van der Waals surface area contributed by atoms with Gasteiger partial charge < -0.3 is 129 Å². The molecule has 4 rings (SSSR count). The highest BCUT2D eigenvalue weighted by Gasteiger charge is 2.45. The van der Waals surface area contributed by atoms with Crippen molar-refractivity contribution in [3.63, 3.8) is 0 Å². The maximum atomic E-state index is 12.0. The molecule has 2 fully saturated rings. The second-order valence-electron chi connectivity index (χ2n) is 34.0. The van der Waals surface area contributed by atoms with Crippen molar-refractivity contribution >= 4 is 171 Å². The molecule has 2 aromatic carbocycles. The highest BCUT2D eigenvalue weighted by Crippen LogP contribution is 2.29. The van der Waals surface area contributed by atoms with Crippen molar-refractivity contribution in [2.45, 2.75) is 204 Å². The van der Waals surface area contributed by atoms with Gasteiger partial charge in [-0.05, 0) is 148 Å². The van der Waals surface area contributed by atoms with Crippen LogP contribution in [0, 0.1) is 43.3 Å². The highest BCUT2D eigenvalue weighted by molar-refractivity contribution is 9.09. The van der Waals surface area contributed by atoms with Gasteiger partial charge in [-0.15, -0.1) is 0 Å². The Hall–Kier alpha value is -9.10. The maximum Gasteiger partial charge on any atom is 0.508 e. The number of methoxy groups -OCH3 is 6. The number of ether oxygens (including phenoxy) is 22. The molecule has 0 aromatic heterocycles. The smallest absolute Gasteiger partial charge is 0.465 e. The molecular weight excluding hydrogens is 2190 g/mol. The number of ketones is 4. The Balaban J connectivity index is -0.000000245. The number of alkyl halides is 4. The fourth-order valence-corrected chi connectivity index (χ4v) is 10.3. The van der Waals surface area contributed by atoms with Crippen LogP contribution in [0.2, 0.25) is 0 Å².